The van der Waals surface area contributed by atoms with Crippen LogP contribution < -0.4 is 5.56 Å². The van der Waals surface area contributed by atoms with Crippen molar-refractivity contribution < 1.29 is 15.0 Å². The van der Waals surface area contributed by atoms with E-state index in [1.54, 1.807) is 23.6 Å². The highest BCUT2D eigenvalue weighted by atomic mass is 32.1. The molecule has 2 aliphatic carbocycles. The molecule has 6 heteroatoms. The van der Waals surface area contributed by atoms with Crippen LogP contribution in [-0.2, 0) is 6.42 Å². The van der Waals surface area contributed by atoms with Gasteiger partial charge in [0.2, 0.25) is 0 Å². The van der Waals surface area contributed by atoms with Crippen molar-refractivity contribution in [1.29, 1.82) is 0 Å². The summed E-state index contributed by atoms with van der Waals surface area (Å²) < 4.78 is 1.50. The highest BCUT2D eigenvalue weighted by Crippen LogP contribution is 2.45. The van der Waals surface area contributed by atoms with E-state index in [4.69, 9.17) is 0 Å². The summed E-state index contributed by atoms with van der Waals surface area (Å²) in [5.74, 6) is -0.857. The van der Waals surface area contributed by atoms with Gasteiger partial charge in [-0.15, -0.1) is 11.3 Å². The third-order valence-corrected chi connectivity index (χ3v) is 7.25. The number of aliphatic hydroxyl groups excluding tert-OH is 1. The molecule has 144 valence electrons. The van der Waals surface area contributed by atoms with Gasteiger partial charge in [0, 0.05) is 16.0 Å². The van der Waals surface area contributed by atoms with Gasteiger partial charge in [-0.2, -0.15) is 0 Å². The van der Waals surface area contributed by atoms with Crippen LogP contribution in [-0.4, -0.2) is 20.6 Å². The SMILES string of the molecule is Cc1c(-c2cc3c(s2)CCCC3O)ccn2c(=O)c(C(=O)O)cc(C3CC3)c12. The number of pyridine rings is 2. The second-order valence-corrected chi connectivity index (χ2v) is 9.00. The standard InChI is InChI=1S/C22H21NO4S/c1-11-13(19-10-15-17(24)3-2-4-18(15)28-19)7-8-23-20(11)14(12-5-6-12)9-16(21(23)25)22(26)27/h7-10,12,17,24H,2-6H2,1H3,(H,26,27). The number of hydrogen-bond acceptors (Lipinski definition) is 4. The lowest BCUT2D eigenvalue weighted by molar-refractivity contribution is 0.0694. The number of aliphatic hydroxyl groups is 1. The van der Waals surface area contributed by atoms with E-state index in [0.717, 1.165) is 64.8 Å². The third-order valence-electron chi connectivity index (χ3n) is 6.01. The minimum atomic E-state index is -1.18. The van der Waals surface area contributed by atoms with Gasteiger partial charge in [0.05, 0.1) is 11.6 Å². The fraction of sp³-hybridized carbons (Fsp3) is 0.364. The van der Waals surface area contributed by atoms with Gasteiger partial charge in [-0.05, 0) is 85.4 Å². The molecule has 1 unspecified atom stereocenters. The molecule has 0 radical (unpaired) electrons. The predicted octanol–water partition coefficient (Wildman–Crippen LogP) is 4.28. The number of carboxylic acid groups (broad SMARTS) is 1. The number of nitrogens with zero attached hydrogens (tertiary/aromatic N) is 1. The average Bonchev–Trinajstić information content (AvgIpc) is 3.41. The van der Waals surface area contributed by atoms with Crippen molar-refractivity contribution in [3.63, 3.8) is 0 Å². The molecule has 3 aromatic heterocycles. The van der Waals surface area contributed by atoms with Gasteiger partial charge in [0.1, 0.15) is 5.56 Å². The van der Waals surface area contributed by atoms with E-state index in [0.29, 0.717) is 5.92 Å². The normalized spacial score (nSPS) is 19.0. The summed E-state index contributed by atoms with van der Waals surface area (Å²) in [5.41, 5.74) is 4.22. The van der Waals surface area contributed by atoms with Crippen molar-refractivity contribution in [2.45, 2.75) is 51.0 Å². The van der Waals surface area contributed by atoms with E-state index in [-0.39, 0.29) is 5.56 Å². The molecular weight excluding hydrogens is 374 g/mol. The van der Waals surface area contributed by atoms with Crippen LogP contribution in [0.1, 0.15) is 69.6 Å². The Balaban J connectivity index is 1.76. The Kier molecular flexibility index (Phi) is 3.96. The molecule has 2 N–H and O–H groups in total. The zero-order chi connectivity index (χ0) is 19.6. The molecule has 0 aromatic carbocycles. The first-order valence-electron chi connectivity index (χ1n) is 9.69. The predicted molar refractivity (Wildman–Crippen MR) is 109 cm³/mol. The topological polar surface area (TPSA) is 79.0 Å². The van der Waals surface area contributed by atoms with Crippen molar-refractivity contribution in [3.8, 4) is 10.4 Å². The first-order valence-corrected chi connectivity index (χ1v) is 10.5. The summed E-state index contributed by atoms with van der Waals surface area (Å²) in [4.78, 5) is 26.6. The van der Waals surface area contributed by atoms with Gasteiger partial charge in [-0.1, -0.05) is 0 Å². The van der Waals surface area contributed by atoms with Crippen molar-refractivity contribution >= 4 is 22.8 Å². The van der Waals surface area contributed by atoms with Crippen LogP contribution in [0.4, 0.5) is 0 Å². The molecule has 28 heavy (non-hydrogen) atoms. The van der Waals surface area contributed by atoms with Gasteiger partial charge in [0.15, 0.2) is 0 Å². The number of fused-ring (bicyclic) bond motifs is 2. The largest absolute Gasteiger partial charge is 0.477 e. The van der Waals surface area contributed by atoms with E-state index >= 15 is 0 Å². The first kappa shape index (κ1) is 17.6. The Morgan fingerprint density at radius 1 is 1.21 bits per heavy atom. The lowest BCUT2D eigenvalue weighted by atomic mass is 9.95. The summed E-state index contributed by atoms with van der Waals surface area (Å²) >= 11 is 1.72. The molecule has 3 heterocycles. The zero-order valence-corrected chi connectivity index (χ0v) is 16.4. The Bertz CT molecular complexity index is 1190. The van der Waals surface area contributed by atoms with Crippen LogP contribution in [0.15, 0.2) is 29.2 Å². The third kappa shape index (κ3) is 2.63. The van der Waals surface area contributed by atoms with Crippen LogP contribution in [0.25, 0.3) is 16.0 Å². The molecule has 0 spiro atoms. The number of thiophene rings is 1. The molecule has 0 aliphatic heterocycles. The lowest BCUT2D eigenvalue weighted by Crippen LogP contribution is -2.23. The van der Waals surface area contributed by atoms with Gasteiger partial charge in [-0.3, -0.25) is 9.20 Å². The van der Waals surface area contributed by atoms with Gasteiger partial charge in [-0.25, -0.2) is 4.79 Å². The molecule has 5 rings (SSSR count). The summed E-state index contributed by atoms with van der Waals surface area (Å²) in [6.45, 7) is 2.01. The average molecular weight is 395 g/mol. The molecule has 3 aromatic rings. The highest BCUT2D eigenvalue weighted by molar-refractivity contribution is 7.15. The van der Waals surface area contributed by atoms with E-state index in [2.05, 4.69) is 6.07 Å². The second-order valence-electron chi connectivity index (χ2n) is 7.87. The van der Waals surface area contributed by atoms with E-state index in [9.17, 15) is 19.8 Å². The second kappa shape index (κ2) is 6.29. The van der Waals surface area contributed by atoms with Crippen LogP contribution in [0.2, 0.25) is 0 Å². The van der Waals surface area contributed by atoms with Crippen LogP contribution >= 0.6 is 11.3 Å². The number of carboxylic acids is 1. The summed E-state index contributed by atoms with van der Waals surface area (Å²) in [7, 11) is 0. The van der Waals surface area contributed by atoms with E-state index < -0.39 is 17.6 Å². The fourth-order valence-corrected chi connectivity index (χ4v) is 5.73. The fourth-order valence-electron chi connectivity index (χ4n) is 4.39. The van der Waals surface area contributed by atoms with Crippen LogP contribution in [0.3, 0.4) is 0 Å². The first-order chi connectivity index (χ1) is 13.5. The summed E-state index contributed by atoms with van der Waals surface area (Å²) in [5, 5.41) is 19.7. The van der Waals surface area contributed by atoms with Gasteiger partial charge in [0.25, 0.3) is 5.56 Å². The minimum absolute atomic E-state index is 0.165. The maximum absolute atomic E-state index is 12.7. The zero-order valence-electron chi connectivity index (χ0n) is 15.6. The quantitative estimate of drug-likeness (QED) is 0.694. The van der Waals surface area contributed by atoms with Crippen LogP contribution in [0, 0.1) is 6.92 Å². The number of aromatic carboxylic acids is 1. The number of rotatable bonds is 3. The van der Waals surface area contributed by atoms with Gasteiger partial charge < -0.3 is 10.2 Å². The highest BCUT2D eigenvalue weighted by Gasteiger charge is 2.30. The van der Waals surface area contributed by atoms with E-state index in [1.807, 2.05) is 13.0 Å². The van der Waals surface area contributed by atoms with E-state index in [1.165, 1.54) is 9.28 Å². The molecule has 1 atom stereocenters. The number of aryl methyl sites for hydroxylation is 2. The Labute approximate surface area is 165 Å². The number of aromatic nitrogens is 1. The van der Waals surface area contributed by atoms with Gasteiger partial charge >= 0.3 is 5.97 Å². The molecule has 1 saturated carbocycles. The van der Waals surface area contributed by atoms with Crippen molar-refractivity contribution in [1.82, 2.24) is 4.40 Å². The molecule has 1 fully saturated rings. The Morgan fingerprint density at radius 2 is 2.00 bits per heavy atom. The number of hydrogen-bond donors (Lipinski definition) is 2. The summed E-state index contributed by atoms with van der Waals surface area (Å²) in [6.07, 6.45) is 6.17. The molecule has 0 amide bonds. The maximum Gasteiger partial charge on any atom is 0.341 e. The van der Waals surface area contributed by atoms with Crippen molar-refractivity contribution in [3.05, 3.63) is 61.9 Å². The lowest BCUT2D eigenvalue weighted by Gasteiger charge is -2.16. The molecule has 0 saturated heterocycles. The molecule has 0 bridgehead atoms. The van der Waals surface area contributed by atoms with Crippen molar-refractivity contribution in [2.24, 2.45) is 0 Å². The smallest absolute Gasteiger partial charge is 0.341 e. The van der Waals surface area contributed by atoms with Crippen molar-refractivity contribution in [2.75, 3.05) is 0 Å². The minimum Gasteiger partial charge on any atom is -0.477 e. The maximum atomic E-state index is 12.7. The monoisotopic (exact) mass is 395 g/mol. The molecule has 2 aliphatic rings. The molecular formula is C22H21NO4S. The Morgan fingerprint density at radius 3 is 2.68 bits per heavy atom. The Hall–Kier alpha value is -2.44. The number of carbonyl (C=O) groups is 1. The van der Waals surface area contributed by atoms with Crippen LogP contribution in [0.5, 0.6) is 0 Å². The summed E-state index contributed by atoms with van der Waals surface area (Å²) in [6, 6.07) is 5.57. The molecule has 5 nitrogen and oxygen atoms in total.